The third-order valence-corrected chi connectivity index (χ3v) is 6.28. The summed E-state index contributed by atoms with van der Waals surface area (Å²) in [5.74, 6) is 1.45. The molecular weight excluding hydrogens is 435 g/mol. The van der Waals surface area contributed by atoms with E-state index in [0.717, 1.165) is 41.8 Å². The lowest BCUT2D eigenvalue weighted by Gasteiger charge is -2.38. The molecule has 0 aliphatic carbocycles. The van der Waals surface area contributed by atoms with Crippen LogP contribution in [-0.4, -0.2) is 34.3 Å². The summed E-state index contributed by atoms with van der Waals surface area (Å²) in [6.07, 6.45) is 2.34. The normalized spacial score (nSPS) is 19.7. The molecule has 2 atom stereocenters. The fourth-order valence-corrected chi connectivity index (χ4v) is 4.81. The highest BCUT2D eigenvalue weighted by Gasteiger charge is 2.33. The zero-order valence-corrected chi connectivity index (χ0v) is 20.7. The van der Waals surface area contributed by atoms with Crippen molar-refractivity contribution in [2.24, 2.45) is 5.92 Å². The fourth-order valence-electron chi connectivity index (χ4n) is 4.23. The largest absolute Gasteiger partial charge is 0.444 e. The predicted octanol–water partition coefficient (Wildman–Crippen LogP) is 7.35. The first-order chi connectivity index (χ1) is 14.5. The molecule has 0 saturated carbocycles. The number of hydrogen-bond acceptors (Lipinski definition) is 4. The number of carbonyl (C=O) groups is 1. The van der Waals surface area contributed by atoms with Crippen LogP contribution >= 0.6 is 23.2 Å². The van der Waals surface area contributed by atoms with Gasteiger partial charge in [0.1, 0.15) is 17.1 Å². The third-order valence-electron chi connectivity index (χ3n) is 5.65. The van der Waals surface area contributed by atoms with Crippen molar-refractivity contribution in [3.05, 3.63) is 39.6 Å². The van der Waals surface area contributed by atoms with E-state index in [1.807, 2.05) is 43.9 Å². The molecule has 0 spiro atoms. The minimum atomic E-state index is -0.495. The van der Waals surface area contributed by atoms with Crippen LogP contribution in [0.3, 0.4) is 0 Å². The highest BCUT2D eigenvalue weighted by atomic mass is 35.5. The molecule has 0 bridgehead atoms. The molecule has 1 saturated heterocycles. The van der Waals surface area contributed by atoms with Crippen LogP contribution in [0.4, 0.5) is 4.79 Å². The number of benzene rings is 1. The van der Waals surface area contributed by atoms with E-state index in [1.54, 1.807) is 0 Å². The first-order valence-corrected chi connectivity index (χ1v) is 11.7. The molecule has 1 unspecified atom stereocenters. The summed E-state index contributed by atoms with van der Waals surface area (Å²) in [6, 6.07) is 5.56. The minimum Gasteiger partial charge on any atom is -0.444 e. The first-order valence-electron chi connectivity index (χ1n) is 10.9. The van der Waals surface area contributed by atoms with Gasteiger partial charge in [0, 0.05) is 29.6 Å². The summed E-state index contributed by atoms with van der Waals surface area (Å²) >= 11 is 12.9. The van der Waals surface area contributed by atoms with Crippen molar-refractivity contribution in [1.82, 2.24) is 10.1 Å². The maximum absolute atomic E-state index is 12.6. The van der Waals surface area contributed by atoms with Gasteiger partial charge in [-0.05, 0) is 65.0 Å². The molecule has 7 heteroatoms. The van der Waals surface area contributed by atoms with Gasteiger partial charge in [0.25, 0.3) is 0 Å². The molecule has 1 amide bonds. The van der Waals surface area contributed by atoms with Crippen molar-refractivity contribution in [1.29, 1.82) is 0 Å². The van der Waals surface area contributed by atoms with Crippen molar-refractivity contribution in [3.8, 4) is 11.3 Å². The molecule has 31 heavy (non-hydrogen) atoms. The van der Waals surface area contributed by atoms with E-state index in [9.17, 15) is 4.79 Å². The summed E-state index contributed by atoms with van der Waals surface area (Å²) in [4.78, 5) is 14.4. The molecular formula is C24H32Cl2N2O3. The number of halogens is 2. The highest BCUT2D eigenvalue weighted by Crippen LogP contribution is 2.40. The maximum atomic E-state index is 12.6. The second-order valence-electron chi connectivity index (χ2n) is 9.74. The van der Waals surface area contributed by atoms with Crippen molar-refractivity contribution >= 4 is 29.3 Å². The van der Waals surface area contributed by atoms with Crippen molar-refractivity contribution in [3.63, 3.8) is 0 Å². The second-order valence-corrected chi connectivity index (χ2v) is 10.6. The smallest absolute Gasteiger partial charge is 0.410 e. The Kier molecular flexibility index (Phi) is 7.27. The molecule has 1 aromatic carbocycles. The van der Waals surface area contributed by atoms with Gasteiger partial charge >= 0.3 is 6.09 Å². The van der Waals surface area contributed by atoms with Crippen LogP contribution in [0.5, 0.6) is 0 Å². The molecule has 2 heterocycles. The number of amides is 1. The number of nitrogens with zero attached hydrogens (tertiary/aromatic N) is 2. The Labute approximate surface area is 195 Å². The van der Waals surface area contributed by atoms with Crippen LogP contribution in [0.2, 0.25) is 10.0 Å². The van der Waals surface area contributed by atoms with E-state index in [0.29, 0.717) is 22.5 Å². The summed E-state index contributed by atoms with van der Waals surface area (Å²) in [5, 5.41) is 5.49. The minimum absolute atomic E-state index is 0.100. The molecule has 5 nitrogen and oxygen atoms in total. The number of hydrogen-bond donors (Lipinski definition) is 0. The second kappa shape index (κ2) is 9.41. The third kappa shape index (κ3) is 5.56. The fraction of sp³-hybridized carbons (Fsp3) is 0.583. The molecule has 1 aromatic heterocycles. The van der Waals surface area contributed by atoms with E-state index in [4.69, 9.17) is 32.5 Å². The van der Waals surface area contributed by atoms with E-state index < -0.39 is 5.60 Å². The van der Waals surface area contributed by atoms with Gasteiger partial charge in [-0.15, -0.1) is 0 Å². The van der Waals surface area contributed by atoms with Crippen LogP contribution in [0, 0.1) is 5.92 Å². The number of piperidine rings is 1. The SMILES string of the molecule is CC(C)c1onc(-c2c(Cl)cccc2Cl)c1CC1CCN(C(=O)OC(C)(C)C)[C@H](C)C1. The summed E-state index contributed by atoms with van der Waals surface area (Å²) < 4.78 is 11.3. The summed E-state index contributed by atoms with van der Waals surface area (Å²) in [5.41, 5.74) is 2.01. The Hall–Kier alpha value is -1.72. The predicted molar refractivity (Wildman–Crippen MR) is 125 cm³/mol. The van der Waals surface area contributed by atoms with E-state index in [1.165, 1.54) is 0 Å². The topological polar surface area (TPSA) is 55.6 Å². The van der Waals surface area contributed by atoms with Crippen LogP contribution < -0.4 is 0 Å². The first kappa shape index (κ1) is 23.9. The Morgan fingerprint density at radius 1 is 1.29 bits per heavy atom. The van der Waals surface area contributed by atoms with Crippen LogP contribution in [0.15, 0.2) is 22.7 Å². The average Bonchev–Trinajstić information content (AvgIpc) is 3.03. The molecule has 2 aromatic rings. The molecule has 1 fully saturated rings. The standard InChI is InChI=1S/C24H32Cl2N2O3/c1-14(2)22-17(21(27-31-22)20-18(25)8-7-9-19(20)26)13-16-10-11-28(15(3)12-16)23(29)30-24(4,5)6/h7-9,14-16H,10-13H2,1-6H3/t15-,16?/m1/s1. The molecule has 1 aliphatic rings. The van der Waals surface area contributed by atoms with Crippen LogP contribution in [-0.2, 0) is 11.2 Å². The average molecular weight is 467 g/mol. The van der Waals surface area contributed by atoms with Gasteiger partial charge in [-0.1, -0.05) is 48.3 Å². The highest BCUT2D eigenvalue weighted by molar-refractivity contribution is 6.39. The van der Waals surface area contributed by atoms with Gasteiger partial charge in [0.2, 0.25) is 0 Å². The lowest BCUT2D eigenvalue weighted by Crippen LogP contribution is -2.47. The van der Waals surface area contributed by atoms with Gasteiger partial charge in [0.05, 0.1) is 10.0 Å². The number of carbonyl (C=O) groups excluding carboxylic acids is 1. The number of aromatic nitrogens is 1. The van der Waals surface area contributed by atoms with Gasteiger partial charge < -0.3 is 14.2 Å². The van der Waals surface area contributed by atoms with Gasteiger partial charge in [-0.25, -0.2) is 4.79 Å². The molecule has 3 rings (SSSR count). The van der Waals surface area contributed by atoms with Crippen LogP contribution in [0.25, 0.3) is 11.3 Å². The lowest BCUT2D eigenvalue weighted by atomic mass is 9.84. The quantitative estimate of drug-likeness (QED) is 0.472. The number of ether oxygens (including phenoxy) is 1. The zero-order valence-electron chi connectivity index (χ0n) is 19.2. The van der Waals surface area contributed by atoms with E-state index in [2.05, 4.69) is 25.9 Å². The Morgan fingerprint density at radius 2 is 1.94 bits per heavy atom. The Balaban J connectivity index is 1.82. The van der Waals surface area contributed by atoms with Crippen molar-refractivity contribution < 1.29 is 14.1 Å². The Bertz CT molecular complexity index is 913. The van der Waals surface area contributed by atoms with E-state index >= 15 is 0 Å². The van der Waals surface area contributed by atoms with Crippen LogP contribution in [0.1, 0.15) is 71.6 Å². The number of likely N-dealkylation sites (tertiary alicyclic amines) is 1. The summed E-state index contributed by atoms with van der Waals surface area (Å²) in [7, 11) is 0. The molecule has 170 valence electrons. The zero-order chi connectivity index (χ0) is 22.9. The lowest BCUT2D eigenvalue weighted by molar-refractivity contribution is 0.00717. The molecule has 1 aliphatic heterocycles. The van der Waals surface area contributed by atoms with Crippen molar-refractivity contribution in [2.75, 3.05) is 6.54 Å². The van der Waals surface area contributed by atoms with Gasteiger partial charge in [0.15, 0.2) is 0 Å². The van der Waals surface area contributed by atoms with Crippen molar-refractivity contribution in [2.45, 2.75) is 78.4 Å². The maximum Gasteiger partial charge on any atom is 0.410 e. The number of rotatable bonds is 4. The Morgan fingerprint density at radius 3 is 2.48 bits per heavy atom. The van der Waals surface area contributed by atoms with E-state index in [-0.39, 0.29) is 18.1 Å². The molecule has 0 radical (unpaired) electrons. The van der Waals surface area contributed by atoms with Gasteiger partial charge in [-0.3, -0.25) is 0 Å². The summed E-state index contributed by atoms with van der Waals surface area (Å²) in [6.45, 7) is 12.6. The molecule has 0 N–H and O–H groups in total. The monoisotopic (exact) mass is 466 g/mol. The van der Waals surface area contributed by atoms with Gasteiger partial charge in [-0.2, -0.15) is 0 Å².